The zero-order valence-electron chi connectivity index (χ0n) is 14.2. The monoisotopic (exact) mass is 331 g/mol. The maximum atomic E-state index is 12.3. The second kappa shape index (κ2) is 7.66. The fraction of sp³-hybridized carbons (Fsp3) is 0.556. The minimum atomic E-state index is -0.0309. The number of hydrogen-bond acceptors (Lipinski definition) is 4. The van der Waals surface area contributed by atoms with Crippen molar-refractivity contribution in [2.75, 3.05) is 38.6 Å². The highest BCUT2D eigenvalue weighted by atomic mass is 16.5. The average Bonchev–Trinajstić information content (AvgIpc) is 3.01. The molecule has 0 radical (unpaired) electrons. The smallest absolute Gasteiger partial charge is 0.238 e. The van der Waals surface area contributed by atoms with Crippen LogP contribution in [0.2, 0.25) is 0 Å². The van der Waals surface area contributed by atoms with Crippen LogP contribution in [0.3, 0.4) is 0 Å². The highest BCUT2D eigenvalue weighted by molar-refractivity contribution is 5.92. The third-order valence-corrected chi connectivity index (χ3v) is 4.75. The Morgan fingerprint density at radius 1 is 1.33 bits per heavy atom. The molecule has 0 spiro atoms. The lowest BCUT2D eigenvalue weighted by Crippen LogP contribution is -2.50. The molecule has 1 aromatic rings. The fourth-order valence-corrected chi connectivity index (χ4v) is 3.59. The molecule has 0 saturated carbocycles. The van der Waals surface area contributed by atoms with Gasteiger partial charge in [-0.3, -0.25) is 14.5 Å². The fourth-order valence-electron chi connectivity index (χ4n) is 3.59. The predicted octanol–water partition coefficient (Wildman–Crippen LogP) is 1.72. The molecular weight excluding hydrogens is 306 g/mol. The van der Waals surface area contributed by atoms with Gasteiger partial charge in [0.1, 0.15) is 5.75 Å². The molecule has 1 atom stereocenters. The van der Waals surface area contributed by atoms with Crippen LogP contribution in [-0.4, -0.2) is 60.9 Å². The number of nitrogens with one attached hydrogen (secondary N) is 1. The second-order valence-corrected chi connectivity index (χ2v) is 6.50. The number of hydrogen-bond donors (Lipinski definition) is 1. The van der Waals surface area contributed by atoms with Crippen LogP contribution in [0, 0.1) is 0 Å². The molecule has 6 nitrogen and oxygen atoms in total. The lowest BCUT2D eigenvalue weighted by Gasteiger charge is -2.37. The van der Waals surface area contributed by atoms with Crippen LogP contribution in [0.15, 0.2) is 24.3 Å². The average molecular weight is 331 g/mol. The van der Waals surface area contributed by atoms with Gasteiger partial charge in [-0.25, -0.2) is 0 Å². The molecule has 2 heterocycles. The van der Waals surface area contributed by atoms with Gasteiger partial charge in [-0.15, -0.1) is 0 Å². The van der Waals surface area contributed by atoms with Crippen molar-refractivity contribution in [3.63, 3.8) is 0 Å². The summed E-state index contributed by atoms with van der Waals surface area (Å²) in [5, 5.41) is 2.92. The van der Waals surface area contributed by atoms with Crippen LogP contribution in [0.4, 0.5) is 5.69 Å². The molecule has 0 unspecified atom stereocenters. The lowest BCUT2D eigenvalue weighted by atomic mass is 10.0. The normalized spacial score (nSPS) is 21.8. The van der Waals surface area contributed by atoms with Crippen molar-refractivity contribution in [2.24, 2.45) is 0 Å². The number of methoxy groups -OCH3 is 1. The van der Waals surface area contributed by atoms with E-state index in [1.165, 1.54) is 0 Å². The van der Waals surface area contributed by atoms with E-state index in [9.17, 15) is 9.59 Å². The summed E-state index contributed by atoms with van der Waals surface area (Å²) in [7, 11) is 1.61. The van der Waals surface area contributed by atoms with Crippen LogP contribution >= 0.6 is 0 Å². The second-order valence-electron chi connectivity index (χ2n) is 6.50. The SMILES string of the molecule is COc1cccc(NC(=O)CN2CCC[C@H](N3CCCC3=O)C2)c1. The van der Waals surface area contributed by atoms with Crippen LogP contribution in [0.1, 0.15) is 25.7 Å². The first kappa shape index (κ1) is 16.8. The van der Waals surface area contributed by atoms with Crippen LogP contribution < -0.4 is 10.1 Å². The third-order valence-electron chi connectivity index (χ3n) is 4.75. The molecule has 130 valence electrons. The van der Waals surface area contributed by atoms with Crippen LogP contribution in [0.5, 0.6) is 5.75 Å². The Balaban J connectivity index is 1.53. The number of rotatable bonds is 5. The Kier molecular flexibility index (Phi) is 5.35. The van der Waals surface area contributed by atoms with Crippen molar-refractivity contribution < 1.29 is 14.3 Å². The summed E-state index contributed by atoms with van der Waals surface area (Å²) >= 11 is 0. The van der Waals surface area contributed by atoms with Gasteiger partial charge >= 0.3 is 0 Å². The molecule has 2 fully saturated rings. The predicted molar refractivity (Wildman–Crippen MR) is 92.0 cm³/mol. The quantitative estimate of drug-likeness (QED) is 0.892. The molecule has 1 N–H and O–H groups in total. The van der Waals surface area contributed by atoms with Gasteiger partial charge in [0.25, 0.3) is 0 Å². The zero-order chi connectivity index (χ0) is 16.9. The van der Waals surface area contributed by atoms with Crippen LogP contribution in [-0.2, 0) is 9.59 Å². The molecular formula is C18H25N3O3. The van der Waals surface area contributed by atoms with Gasteiger partial charge in [0.15, 0.2) is 0 Å². The Labute approximate surface area is 142 Å². The van der Waals surface area contributed by atoms with Gasteiger partial charge < -0.3 is 15.0 Å². The molecule has 2 saturated heterocycles. The Bertz CT molecular complexity index is 605. The highest BCUT2D eigenvalue weighted by Crippen LogP contribution is 2.21. The van der Waals surface area contributed by atoms with Crippen molar-refractivity contribution in [3.8, 4) is 5.75 Å². The first-order valence-corrected chi connectivity index (χ1v) is 8.61. The maximum absolute atomic E-state index is 12.3. The number of likely N-dealkylation sites (tertiary alicyclic amines) is 2. The van der Waals surface area contributed by atoms with Crippen molar-refractivity contribution in [1.29, 1.82) is 0 Å². The minimum absolute atomic E-state index is 0.0309. The van der Waals surface area contributed by atoms with Gasteiger partial charge in [0.05, 0.1) is 13.7 Å². The summed E-state index contributed by atoms with van der Waals surface area (Å²) in [6.07, 6.45) is 3.71. The van der Waals surface area contributed by atoms with Gasteiger partial charge in [-0.1, -0.05) is 6.07 Å². The van der Waals surface area contributed by atoms with E-state index in [-0.39, 0.29) is 17.9 Å². The first-order chi connectivity index (χ1) is 11.7. The van der Waals surface area contributed by atoms with E-state index in [1.54, 1.807) is 13.2 Å². The van der Waals surface area contributed by atoms with E-state index >= 15 is 0 Å². The molecule has 0 aromatic heterocycles. The molecule has 24 heavy (non-hydrogen) atoms. The Morgan fingerprint density at radius 3 is 2.96 bits per heavy atom. The Morgan fingerprint density at radius 2 is 2.21 bits per heavy atom. The van der Waals surface area contributed by atoms with Gasteiger partial charge in [0, 0.05) is 37.3 Å². The third kappa shape index (κ3) is 4.06. The maximum Gasteiger partial charge on any atom is 0.238 e. The van der Waals surface area contributed by atoms with Crippen molar-refractivity contribution in [1.82, 2.24) is 9.80 Å². The largest absolute Gasteiger partial charge is 0.497 e. The first-order valence-electron chi connectivity index (χ1n) is 8.61. The standard InChI is InChI=1S/C18H25N3O3/c1-24-16-7-2-5-14(11-16)19-17(22)13-20-9-3-6-15(12-20)21-10-4-8-18(21)23/h2,5,7,11,15H,3-4,6,8-10,12-13H2,1H3,(H,19,22)/t15-/m0/s1. The number of carbonyl (C=O) groups excluding carboxylic acids is 2. The van der Waals surface area contributed by atoms with Crippen LogP contribution in [0.25, 0.3) is 0 Å². The summed E-state index contributed by atoms with van der Waals surface area (Å²) in [4.78, 5) is 28.4. The summed E-state index contributed by atoms with van der Waals surface area (Å²) < 4.78 is 5.17. The van der Waals surface area contributed by atoms with Crippen molar-refractivity contribution in [3.05, 3.63) is 24.3 Å². The summed E-state index contributed by atoms with van der Waals surface area (Å²) in [5.74, 6) is 0.956. The number of ether oxygens (including phenoxy) is 1. The van der Waals surface area contributed by atoms with Gasteiger partial charge in [-0.2, -0.15) is 0 Å². The van der Waals surface area contributed by atoms with E-state index in [0.717, 1.165) is 50.3 Å². The van der Waals surface area contributed by atoms with Crippen molar-refractivity contribution >= 4 is 17.5 Å². The highest BCUT2D eigenvalue weighted by Gasteiger charge is 2.31. The number of nitrogens with zero attached hydrogens (tertiary/aromatic N) is 2. The number of benzene rings is 1. The summed E-state index contributed by atoms with van der Waals surface area (Å²) in [6, 6.07) is 7.61. The zero-order valence-corrected chi connectivity index (χ0v) is 14.2. The topological polar surface area (TPSA) is 61.9 Å². The van der Waals surface area contributed by atoms with E-state index in [1.807, 2.05) is 23.1 Å². The van der Waals surface area contributed by atoms with Gasteiger partial charge in [-0.05, 0) is 37.9 Å². The molecule has 2 aliphatic heterocycles. The minimum Gasteiger partial charge on any atom is -0.497 e. The van der Waals surface area contributed by atoms with E-state index in [4.69, 9.17) is 4.74 Å². The molecule has 2 amide bonds. The number of piperidine rings is 1. The number of anilines is 1. The van der Waals surface area contributed by atoms with E-state index in [0.29, 0.717) is 13.0 Å². The van der Waals surface area contributed by atoms with E-state index in [2.05, 4.69) is 10.2 Å². The molecule has 1 aromatic carbocycles. The molecule has 6 heteroatoms. The molecule has 0 bridgehead atoms. The molecule has 0 aliphatic carbocycles. The lowest BCUT2D eigenvalue weighted by molar-refractivity contribution is -0.130. The molecule has 2 aliphatic rings. The van der Waals surface area contributed by atoms with E-state index < -0.39 is 0 Å². The number of carbonyl (C=O) groups is 2. The molecule has 3 rings (SSSR count). The summed E-state index contributed by atoms with van der Waals surface area (Å²) in [5.41, 5.74) is 0.739. The summed E-state index contributed by atoms with van der Waals surface area (Å²) in [6.45, 7) is 2.92. The van der Waals surface area contributed by atoms with Crippen molar-refractivity contribution in [2.45, 2.75) is 31.7 Å². The van der Waals surface area contributed by atoms with Gasteiger partial charge in [0.2, 0.25) is 11.8 Å². The number of amides is 2. The Hall–Kier alpha value is -2.08.